The fourth-order valence-corrected chi connectivity index (χ4v) is 1.74. The van der Waals surface area contributed by atoms with Crippen LogP contribution in [-0.4, -0.2) is 5.97 Å². The van der Waals surface area contributed by atoms with Gasteiger partial charge in [0.2, 0.25) is 0 Å². The third-order valence-corrected chi connectivity index (χ3v) is 2.78. The van der Waals surface area contributed by atoms with Gasteiger partial charge < -0.3 is 4.74 Å². The second-order valence-corrected chi connectivity index (χ2v) is 4.15. The van der Waals surface area contributed by atoms with Gasteiger partial charge in [0.05, 0.1) is 17.2 Å². The Hall–Kier alpha value is -2.60. The molecule has 1 unspecified atom stereocenters. The first-order valence-corrected chi connectivity index (χ1v) is 5.97. The monoisotopic (exact) mass is 251 g/mol. The average molecular weight is 251 g/mol. The van der Waals surface area contributed by atoms with Gasteiger partial charge in [-0.3, -0.25) is 0 Å². The lowest BCUT2D eigenvalue weighted by Crippen LogP contribution is -2.09. The summed E-state index contributed by atoms with van der Waals surface area (Å²) in [5, 5.41) is 8.80. The van der Waals surface area contributed by atoms with Crippen molar-refractivity contribution in [1.82, 2.24) is 0 Å². The van der Waals surface area contributed by atoms with Gasteiger partial charge in [0.15, 0.2) is 0 Å². The third-order valence-electron chi connectivity index (χ3n) is 2.78. The van der Waals surface area contributed by atoms with E-state index in [1.54, 1.807) is 18.2 Å². The molecule has 1 atom stereocenters. The number of nitrogens with zero attached hydrogens (tertiary/aromatic N) is 1. The lowest BCUT2D eigenvalue weighted by atomic mass is 10.1. The lowest BCUT2D eigenvalue weighted by molar-refractivity contribution is 0.0338. The molecule has 0 spiro atoms. The summed E-state index contributed by atoms with van der Waals surface area (Å²) in [6, 6.07) is 18.0. The van der Waals surface area contributed by atoms with Crippen LogP contribution in [0, 0.1) is 11.3 Å². The lowest BCUT2D eigenvalue weighted by Gasteiger charge is -2.13. The zero-order valence-electron chi connectivity index (χ0n) is 10.5. The van der Waals surface area contributed by atoms with Gasteiger partial charge in [-0.1, -0.05) is 36.4 Å². The summed E-state index contributed by atoms with van der Waals surface area (Å²) in [4.78, 5) is 12.0. The molecular formula is C16H13NO2. The summed E-state index contributed by atoms with van der Waals surface area (Å²) in [5.41, 5.74) is 1.77. The van der Waals surface area contributed by atoms with Crippen LogP contribution in [0.2, 0.25) is 0 Å². The smallest absolute Gasteiger partial charge is 0.338 e. The molecule has 3 heteroatoms. The SMILES string of the molecule is CC(OC(=O)c1cccc(C#N)c1)c1ccccc1. The quantitative estimate of drug-likeness (QED) is 0.785. The molecule has 3 nitrogen and oxygen atoms in total. The highest BCUT2D eigenvalue weighted by molar-refractivity contribution is 5.89. The van der Waals surface area contributed by atoms with Crippen LogP contribution >= 0.6 is 0 Å². The van der Waals surface area contributed by atoms with Gasteiger partial charge in [-0.05, 0) is 30.7 Å². The molecule has 19 heavy (non-hydrogen) atoms. The van der Waals surface area contributed by atoms with Crippen LogP contribution in [0.25, 0.3) is 0 Å². The Bertz CT molecular complexity index is 614. The van der Waals surface area contributed by atoms with Gasteiger partial charge in [0, 0.05) is 0 Å². The van der Waals surface area contributed by atoms with E-state index in [1.807, 2.05) is 43.3 Å². The second kappa shape index (κ2) is 5.83. The van der Waals surface area contributed by atoms with Crippen molar-refractivity contribution in [3.8, 4) is 6.07 Å². The zero-order chi connectivity index (χ0) is 13.7. The highest BCUT2D eigenvalue weighted by Gasteiger charge is 2.13. The molecule has 0 radical (unpaired) electrons. The third kappa shape index (κ3) is 3.20. The van der Waals surface area contributed by atoms with Crippen LogP contribution in [0.5, 0.6) is 0 Å². The summed E-state index contributed by atoms with van der Waals surface area (Å²) in [6.45, 7) is 1.82. The van der Waals surface area contributed by atoms with Crippen LogP contribution in [0.3, 0.4) is 0 Å². The molecule has 2 rings (SSSR count). The first kappa shape index (κ1) is 12.8. The van der Waals surface area contributed by atoms with E-state index in [4.69, 9.17) is 10.00 Å². The summed E-state index contributed by atoms with van der Waals surface area (Å²) in [7, 11) is 0. The maximum Gasteiger partial charge on any atom is 0.338 e. The molecule has 0 aromatic heterocycles. The first-order chi connectivity index (χ1) is 9.20. The van der Waals surface area contributed by atoms with Gasteiger partial charge in [-0.25, -0.2) is 4.79 Å². The van der Waals surface area contributed by atoms with Crippen molar-refractivity contribution in [2.24, 2.45) is 0 Å². The van der Waals surface area contributed by atoms with Gasteiger partial charge in [-0.15, -0.1) is 0 Å². The molecule has 0 fully saturated rings. The Morgan fingerprint density at radius 2 is 1.89 bits per heavy atom. The zero-order valence-corrected chi connectivity index (χ0v) is 10.5. The molecule has 0 aliphatic rings. The van der Waals surface area contributed by atoms with Crippen LogP contribution in [-0.2, 0) is 4.74 Å². The van der Waals surface area contributed by atoms with Gasteiger partial charge in [-0.2, -0.15) is 5.26 Å². The van der Waals surface area contributed by atoms with Crippen LogP contribution in [0.15, 0.2) is 54.6 Å². The fraction of sp³-hybridized carbons (Fsp3) is 0.125. The summed E-state index contributed by atoms with van der Waals surface area (Å²) >= 11 is 0. The van der Waals surface area contributed by atoms with E-state index in [0.29, 0.717) is 11.1 Å². The number of benzene rings is 2. The minimum absolute atomic E-state index is 0.320. The Morgan fingerprint density at radius 3 is 2.58 bits per heavy atom. The Morgan fingerprint density at radius 1 is 1.16 bits per heavy atom. The second-order valence-electron chi connectivity index (χ2n) is 4.15. The van der Waals surface area contributed by atoms with Crippen molar-refractivity contribution >= 4 is 5.97 Å². The van der Waals surface area contributed by atoms with Crippen molar-refractivity contribution in [2.45, 2.75) is 13.0 Å². The number of rotatable bonds is 3. The molecule has 0 bridgehead atoms. The number of esters is 1. The van der Waals surface area contributed by atoms with Crippen LogP contribution < -0.4 is 0 Å². The average Bonchev–Trinajstić information content (AvgIpc) is 2.48. The molecule has 2 aromatic carbocycles. The molecule has 0 saturated heterocycles. The highest BCUT2D eigenvalue weighted by atomic mass is 16.5. The first-order valence-electron chi connectivity index (χ1n) is 5.97. The number of hydrogen-bond acceptors (Lipinski definition) is 3. The van der Waals surface area contributed by atoms with Crippen LogP contribution in [0.4, 0.5) is 0 Å². The van der Waals surface area contributed by atoms with Crippen molar-refractivity contribution < 1.29 is 9.53 Å². The fourth-order valence-electron chi connectivity index (χ4n) is 1.74. The summed E-state index contributed by atoms with van der Waals surface area (Å²) < 4.78 is 5.37. The predicted molar refractivity (Wildman–Crippen MR) is 71.4 cm³/mol. The normalized spacial score (nSPS) is 11.4. The summed E-state index contributed by atoms with van der Waals surface area (Å²) in [6.07, 6.45) is -0.320. The van der Waals surface area contributed by atoms with E-state index in [0.717, 1.165) is 5.56 Å². The highest BCUT2D eigenvalue weighted by Crippen LogP contribution is 2.18. The van der Waals surface area contributed by atoms with E-state index < -0.39 is 5.97 Å². The molecule has 0 aliphatic carbocycles. The van der Waals surface area contributed by atoms with Gasteiger partial charge in [0.1, 0.15) is 6.10 Å². The largest absolute Gasteiger partial charge is 0.454 e. The summed E-state index contributed by atoms with van der Waals surface area (Å²) in [5.74, 6) is -0.423. The van der Waals surface area contributed by atoms with E-state index in [1.165, 1.54) is 6.07 Å². The molecule has 0 saturated carbocycles. The molecule has 0 aliphatic heterocycles. The molecule has 94 valence electrons. The van der Waals surface area contributed by atoms with Gasteiger partial charge >= 0.3 is 5.97 Å². The van der Waals surface area contributed by atoms with E-state index in [9.17, 15) is 4.79 Å². The standard InChI is InChI=1S/C16H13NO2/c1-12(14-7-3-2-4-8-14)19-16(18)15-9-5-6-13(10-15)11-17/h2-10,12H,1H3. The topological polar surface area (TPSA) is 50.1 Å². The van der Waals surface area contributed by atoms with Crippen LogP contribution in [0.1, 0.15) is 34.5 Å². The maximum atomic E-state index is 12.0. The van der Waals surface area contributed by atoms with Crippen molar-refractivity contribution in [3.63, 3.8) is 0 Å². The minimum atomic E-state index is -0.423. The Labute approximate surface area is 112 Å². The van der Waals surface area contributed by atoms with Crippen molar-refractivity contribution in [3.05, 3.63) is 71.3 Å². The molecular weight excluding hydrogens is 238 g/mol. The number of hydrogen-bond donors (Lipinski definition) is 0. The number of nitriles is 1. The number of carbonyl (C=O) groups excluding carboxylic acids is 1. The predicted octanol–water partition coefficient (Wildman–Crippen LogP) is 3.48. The molecule has 0 amide bonds. The molecule has 0 heterocycles. The molecule has 0 N–H and O–H groups in total. The van der Waals surface area contributed by atoms with Gasteiger partial charge in [0.25, 0.3) is 0 Å². The Kier molecular flexibility index (Phi) is 3.94. The minimum Gasteiger partial charge on any atom is -0.454 e. The molecule has 2 aromatic rings. The van der Waals surface area contributed by atoms with Crippen molar-refractivity contribution in [2.75, 3.05) is 0 Å². The maximum absolute atomic E-state index is 12.0. The Balaban J connectivity index is 2.11. The van der Waals surface area contributed by atoms with Crippen molar-refractivity contribution in [1.29, 1.82) is 5.26 Å². The van der Waals surface area contributed by atoms with E-state index in [-0.39, 0.29) is 6.10 Å². The number of ether oxygens (including phenoxy) is 1. The van der Waals surface area contributed by atoms with E-state index >= 15 is 0 Å². The number of carbonyl (C=O) groups is 1. The van der Waals surface area contributed by atoms with E-state index in [2.05, 4.69) is 0 Å².